The number of Topliss-reactive ketones (excluding diaryl/α,β-unsaturated/α-hetero) is 1. The molecule has 0 aliphatic carbocycles. The number of tetrazole rings is 1. The van der Waals surface area contributed by atoms with Crippen molar-refractivity contribution >= 4 is 35.0 Å². The number of amides is 2. The van der Waals surface area contributed by atoms with Crippen LogP contribution < -0.4 is 5.32 Å². The minimum atomic E-state index is -0.188. The average Bonchev–Trinajstić information content (AvgIpc) is 3.27. The summed E-state index contributed by atoms with van der Waals surface area (Å²) in [7, 11) is 1.71. The molecule has 0 saturated carbocycles. The van der Waals surface area contributed by atoms with Crippen LogP contribution in [0.5, 0.6) is 0 Å². The van der Waals surface area contributed by atoms with Crippen LogP contribution in [0.25, 0.3) is 0 Å². The normalized spacial score (nSPS) is 14.2. The number of benzene rings is 2. The fourth-order valence-electron chi connectivity index (χ4n) is 3.73. The molecule has 4 rings (SSSR count). The Morgan fingerprint density at radius 3 is 2.33 bits per heavy atom. The largest absolute Gasteiger partial charge is 0.339 e. The molecule has 170 valence electrons. The van der Waals surface area contributed by atoms with Crippen LogP contribution in [-0.2, 0) is 11.8 Å². The Labute approximate surface area is 195 Å². The Bertz CT molecular complexity index is 1120. The van der Waals surface area contributed by atoms with E-state index >= 15 is 0 Å². The zero-order chi connectivity index (χ0) is 23.2. The highest BCUT2D eigenvalue weighted by molar-refractivity contribution is 7.99. The lowest BCUT2D eigenvalue weighted by molar-refractivity contribution is -0.113. The number of thioether (sulfide) groups is 1. The Morgan fingerprint density at radius 2 is 1.70 bits per heavy atom. The molecule has 9 nitrogen and oxygen atoms in total. The molecular weight excluding hydrogens is 440 g/mol. The summed E-state index contributed by atoms with van der Waals surface area (Å²) in [5, 5.41) is 14.4. The number of nitrogens with one attached hydrogen (secondary N) is 1. The van der Waals surface area contributed by atoms with E-state index in [1.165, 1.54) is 16.4 Å². The van der Waals surface area contributed by atoms with Crippen molar-refractivity contribution in [2.24, 2.45) is 13.0 Å². The van der Waals surface area contributed by atoms with Crippen LogP contribution in [0.15, 0.2) is 59.8 Å². The van der Waals surface area contributed by atoms with Gasteiger partial charge in [-0.05, 0) is 47.5 Å². The van der Waals surface area contributed by atoms with Gasteiger partial charge in [-0.15, -0.1) is 5.10 Å². The number of hydrogen-bond donors (Lipinski definition) is 1. The van der Waals surface area contributed by atoms with E-state index in [4.69, 9.17) is 0 Å². The maximum absolute atomic E-state index is 12.9. The molecular formula is C23H24N6O3S. The Balaban J connectivity index is 1.26. The fraction of sp³-hybridized carbons (Fsp3) is 0.304. The van der Waals surface area contributed by atoms with Crippen molar-refractivity contribution in [1.29, 1.82) is 0 Å². The molecule has 1 aliphatic rings. The lowest BCUT2D eigenvalue weighted by Gasteiger charge is -2.31. The van der Waals surface area contributed by atoms with Gasteiger partial charge in [0.2, 0.25) is 11.1 Å². The van der Waals surface area contributed by atoms with Gasteiger partial charge in [-0.2, -0.15) is 0 Å². The molecule has 0 bridgehead atoms. The van der Waals surface area contributed by atoms with Gasteiger partial charge in [-0.3, -0.25) is 14.4 Å². The molecule has 1 aromatic heterocycles. The lowest BCUT2D eigenvalue weighted by atomic mass is 9.88. The second-order valence-electron chi connectivity index (χ2n) is 7.80. The third-order valence-electron chi connectivity index (χ3n) is 5.54. The Kier molecular flexibility index (Phi) is 7.13. The van der Waals surface area contributed by atoms with E-state index in [9.17, 15) is 14.4 Å². The zero-order valence-electron chi connectivity index (χ0n) is 18.2. The van der Waals surface area contributed by atoms with Crippen molar-refractivity contribution in [2.45, 2.75) is 18.0 Å². The van der Waals surface area contributed by atoms with Crippen LogP contribution in [0.1, 0.15) is 33.6 Å². The number of anilines is 1. The van der Waals surface area contributed by atoms with Gasteiger partial charge >= 0.3 is 0 Å². The van der Waals surface area contributed by atoms with E-state index in [1.54, 1.807) is 36.2 Å². The summed E-state index contributed by atoms with van der Waals surface area (Å²) in [6, 6.07) is 16.1. The molecule has 10 heteroatoms. The van der Waals surface area contributed by atoms with E-state index < -0.39 is 0 Å². The molecule has 3 aromatic rings. The number of likely N-dealkylation sites (tertiary alicyclic amines) is 1. The Morgan fingerprint density at radius 1 is 1.00 bits per heavy atom. The molecule has 1 N–H and O–H groups in total. The van der Waals surface area contributed by atoms with Gasteiger partial charge in [0.25, 0.3) is 5.91 Å². The number of rotatable bonds is 7. The van der Waals surface area contributed by atoms with E-state index in [2.05, 4.69) is 20.8 Å². The predicted octanol–water partition coefficient (Wildman–Crippen LogP) is 2.68. The summed E-state index contributed by atoms with van der Waals surface area (Å²) in [5.41, 5.74) is 1.90. The molecule has 0 spiro atoms. The summed E-state index contributed by atoms with van der Waals surface area (Å²) in [4.78, 5) is 39.5. The third kappa shape index (κ3) is 5.64. The smallest absolute Gasteiger partial charge is 0.253 e. The SMILES string of the molecule is Cn1nnnc1SCC(=O)Nc1ccc(C(=O)N2CCC(C(=O)c3ccccc3)CC2)cc1. The number of nitrogens with zero attached hydrogens (tertiary/aromatic N) is 5. The third-order valence-corrected chi connectivity index (χ3v) is 6.55. The number of ketones is 1. The molecule has 0 atom stereocenters. The molecule has 0 radical (unpaired) electrons. The summed E-state index contributed by atoms with van der Waals surface area (Å²) in [5.74, 6) is 0.0163. The fourth-order valence-corrected chi connectivity index (χ4v) is 4.38. The lowest BCUT2D eigenvalue weighted by Crippen LogP contribution is -2.40. The van der Waals surface area contributed by atoms with E-state index in [0.717, 1.165) is 5.56 Å². The highest BCUT2D eigenvalue weighted by Gasteiger charge is 2.28. The van der Waals surface area contributed by atoms with Gasteiger partial charge < -0.3 is 10.2 Å². The molecule has 0 unspecified atom stereocenters. The summed E-state index contributed by atoms with van der Waals surface area (Å²) < 4.78 is 1.50. The van der Waals surface area contributed by atoms with Crippen LogP contribution in [-0.4, -0.2) is 61.5 Å². The van der Waals surface area contributed by atoms with Gasteiger partial charge in [0.1, 0.15) is 0 Å². The number of carbonyl (C=O) groups excluding carboxylic acids is 3. The van der Waals surface area contributed by atoms with Gasteiger partial charge in [0, 0.05) is 42.9 Å². The van der Waals surface area contributed by atoms with E-state index in [0.29, 0.717) is 42.3 Å². The number of hydrogen-bond acceptors (Lipinski definition) is 7. The first-order chi connectivity index (χ1) is 16.0. The van der Waals surface area contributed by atoms with Crippen molar-refractivity contribution in [3.63, 3.8) is 0 Å². The summed E-state index contributed by atoms with van der Waals surface area (Å²) in [6.07, 6.45) is 1.32. The predicted molar refractivity (Wildman–Crippen MR) is 124 cm³/mol. The zero-order valence-corrected chi connectivity index (χ0v) is 19.0. The monoisotopic (exact) mass is 464 g/mol. The molecule has 2 aromatic carbocycles. The summed E-state index contributed by atoms with van der Waals surface area (Å²) in [6.45, 7) is 1.10. The molecule has 1 aliphatic heterocycles. The number of piperidine rings is 1. The molecule has 33 heavy (non-hydrogen) atoms. The van der Waals surface area contributed by atoms with E-state index in [1.807, 2.05) is 30.3 Å². The van der Waals surface area contributed by atoms with E-state index in [-0.39, 0.29) is 29.3 Å². The minimum Gasteiger partial charge on any atom is -0.339 e. The van der Waals surface area contributed by atoms with Crippen molar-refractivity contribution in [3.05, 3.63) is 65.7 Å². The van der Waals surface area contributed by atoms with Crippen molar-refractivity contribution < 1.29 is 14.4 Å². The first kappa shape index (κ1) is 22.7. The van der Waals surface area contributed by atoms with Gasteiger partial charge in [0.15, 0.2) is 5.78 Å². The highest BCUT2D eigenvalue weighted by Crippen LogP contribution is 2.23. The number of aromatic nitrogens is 4. The maximum Gasteiger partial charge on any atom is 0.253 e. The van der Waals surface area contributed by atoms with Gasteiger partial charge in [-0.1, -0.05) is 42.1 Å². The molecule has 1 fully saturated rings. The van der Waals surface area contributed by atoms with Crippen LogP contribution in [0.3, 0.4) is 0 Å². The maximum atomic E-state index is 12.9. The molecule has 2 heterocycles. The van der Waals surface area contributed by atoms with Gasteiger partial charge in [0.05, 0.1) is 5.75 Å². The van der Waals surface area contributed by atoms with Crippen LogP contribution in [0, 0.1) is 5.92 Å². The number of carbonyl (C=O) groups is 3. The number of aryl methyl sites for hydroxylation is 1. The highest BCUT2D eigenvalue weighted by atomic mass is 32.2. The van der Waals surface area contributed by atoms with Crippen molar-refractivity contribution in [3.8, 4) is 0 Å². The molecule has 1 saturated heterocycles. The minimum absolute atomic E-state index is 0.0516. The standard InChI is InChI=1S/C23H24N6O3S/c1-28-23(25-26-27-28)33-15-20(30)24-19-9-7-18(8-10-19)22(32)29-13-11-17(12-14-29)21(31)16-5-3-2-4-6-16/h2-10,17H,11-15H2,1H3,(H,24,30). The summed E-state index contributed by atoms with van der Waals surface area (Å²) >= 11 is 1.24. The Hall–Kier alpha value is -3.53. The second kappa shape index (κ2) is 10.4. The van der Waals surface area contributed by atoms with Crippen molar-refractivity contribution in [1.82, 2.24) is 25.1 Å². The average molecular weight is 465 g/mol. The molecule has 2 amide bonds. The first-order valence-electron chi connectivity index (χ1n) is 10.6. The topological polar surface area (TPSA) is 110 Å². The van der Waals surface area contributed by atoms with Crippen LogP contribution in [0.4, 0.5) is 5.69 Å². The van der Waals surface area contributed by atoms with Gasteiger partial charge in [-0.25, -0.2) is 4.68 Å². The van der Waals surface area contributed by atoms with Crippen LogP contribution >= 0.6 is 11.8 Å². The quantitative estimate of drug-likeness (QED) is 0.423. The second-order valence-corrected chi connectivity index (χ2v) is 8.74. The van der Waals surface area contributed by atoms with Crippen LogP contribution in [0.2, 0.25) is 0 Å². The first-order valence-corrected chi connectivity index (χ1v) is 11.6. The van der Waals surface area contributed by atoms with Crippen molar-refractivity contribution in [2.75, 3.05) is 24.2 Å².